The van der Waals surface area contributed by atoms with Crippen LogP contribution in [0.2, 0.25) is 0 Å². The second-order valence-electron chi connectivity index (χ2n) is 6.70. The van der Waals surface area contributed by atoms with E-state index in [1.54, 1.807) is 12.1 Å². The van der Waals surface area contributed by atoms with Crippen LogP contribution in [-0.2, 0) is 14.3 Å². The van der Waals surface area contributed by atoms with Gasteiger partial charge in [-0.2, -0.15) is 0 Å². The van der Waals surface area contributed by atoms with Crippen LogP contribution in [0.25, 0.3) is 0 Å². The number of rotatable bonds is 8. The summed E-state index contributed by atoms with van der Waals surface area (Å²) in [5, 5.41) is 5.43. The van der Waals surface area contributed by atoms with E-state index in [2.05, 4.69) is 17.2 Å². The Hall–Kier alpha value is -3.20. The molecule has 2 aliphatic heterocycles. The molecule has 0 saturated carbocycles. The van der Waals surface area contributed by atoms with E-state index >= 15 is 0 Å². The van der Waals surface area contributed by atoms with E-state index in [9.17, 15) is 18.8 Å². The van der Waals surface area contributed by atoms with Crippen LogP contribution < -0.4 is 10.6 Å². The highest BCUT2D eigenvalue weighted by Gasteiger charge is 2.44. The summed E-state index contributed by atoms with van der Waals surface area (Å²) >= 11 is 0. The average Bonchev–Trinajstić information content (AvgIpc) is 3.00. The number of hydrogen-bond acceptors (Lipinski definition) is 4. The number of carbonyl (C=O) groups is 3. The van der Waals surface area contributed by atoms with Crippen molar-refractivity contribution >= 4 is 17.8 Å². The van der Waals surface area contributed by atoms with Gasteiger partial charge in [-0.3, -0.25) is 14.5 Å². The van der Waals surface area contributed by atoms with Crippen molar-refractivity contribution in [3.05, 3.63) is 59.6 Å². The van der Waals surface area contributed by atoms with E-state index in [1.807, 2.05) is 0 Å². The van der Waals surface area contributed by atoms with Crippen molar-refractivity contribution in [2.45, 2.75) is 6.04 Å². The minimum Gasteiger partial charge on any atom is -0.383 e. The lowest BCUT2D eigenvalue weighted by atomic mass is 9.95. The van der Waals surface area contributed by atoms with Crippen molar-refractivity contribution in [3.63, 3.8) is 0 Å². The van der Waals surface area contributed by atoms with Gasteiger partial charge in [0.25, 0.3) is 5.91 Å². The molecule has 0 radical (unpaired) electrons. The van der Waals surface area contributed by atoms with Gasteiger partial charge in [-0.15, -0.1) is 6.58 Å². The molecule has 0 fully saturated rings. The molecule has 1 atom stereocenters. The number of benzene rings is 1. The van der Waals surface area contributed by atoms with E-state index in [-0.39, 0.29) is 31.4 Å². The number of amides is 4. The molecular formula is C20H23FN4O4. The second kappa shape index (κ2) is 8.87. The number of hydrogen-bond donors (Lipinski definition) is 2. The molecule has 2 N–H and O–H groups in total. The fourth-order valence-corrected chi connectivity index (χ4v) is 3.46. The van der Waals surface area contributed by atoms with Gasteiger partial charge in [0.05, 0.1) is 30.5 Å². The van der Waals surface area contributed by atoms with Gasteiger partial charge in [0.1, 0.15) is 12.4 Å². The van der Waals surface area contributed by atoms with E-state index < -0.39 is 17.9 Å². The molecule has 0 aliphatic carbocycles. The van der Waals surface area contributed by atoms with Crippen molar-refractivity contribution in [3.8, 4) is 0 Å². The summed E-state index contributed by atoms with van der Waals surface area (Å²) in [7, 11) is 1.53. The van der Waals surface area contributed by atoms with Crippen LogP contribution in [0, 0.1) is 5.82 Å². The molecule has 29 heavy (non-hydrogen) atoms. The quantitative estimate of drug-likeness (QED) is 0.500. The largest absolute Gasteiger partial charge is 0.383 e. The number of ether oxygens (including phenoxy) is 1. The zero-order chi connectivity index (χ0) is 21.0. The van der Waals surface area contributed by atoms with Gasteiger partial charge in [0, 0.05) is 20.2 Å². The Balaban J connectivity index is 1.87. The van der Waals surface area contributed by atoms with Gasteiger partial charge < -0.3 is 20.3 Å². The molecule has 0 unspecified atom stereocenters. The topological polar surface area (TPSA) is 91.0 Å². The maximum absolute atomic E-state index is 13.7. The molecule has 0 saturated heterocycles. The van der Waals surface area contributed by atoms with Gasteiger partial charge in [0.15, 0.2) is 0 Å². The monoisotopic (exact) mass is 402 g/mol. The Kier molecular flexibility index (Phi) is 6.28. The Labute approximate surface area is 168 Å². The fraction of sp³-hybridized carbons (Fsp3) is 0.350. The lowest BCUT2D eigenvalue weighted by molar-refractivity contribution is -0.132. The van der Waals surface area contributed by atoms with Crippen molar-refractivity contribution < 1.29 is 23.5 Å². The van der Waals surface area contributed by atoms with Crippen LogP contribution in [0.4, 0.5) is 9.18 Å². The average molecular weight is 402 g/mol. The number of halogens is 1. The number of methoxy groups -OCH3 is 1. The van der Waals surface area contributed by atoms with Crippen LogP contribution in [-0.4, -0.2) is 67.5 Å². The summed E-state index contributed by atoms with van der Waals surface area (Å²) in [6.07, 6.45) is 1.55. The molecule has 4 amide bonds. The van der Waals surface area contributed by atoms with Gasteiger partial charge in [-0.25, -0.2) is 9.18 Å². The van der Waals surface area contributed by atoms with Crippen LogP contribution in [0.3, 0.4) is 0 Å². The lowest BCUT2D eigenvalue weighted by Gasteiger charge is -2.33. The SMILES string of the molecule is C=CCN1C(=O)N[C@@H](c2cccc(F)c2)C2=C1CN(CC(=O)NCCOC)C2=O. The van der Waals surface area contributed by atoms with Crippen LogP contribution >= 0.6 is 0 Å². The van der Waals surface area contributed by atoms with Crippen molar-refractivity contribution in [1.29, 1.82) is 0 Å². The van der Waals surface area contributed by atoms with Crippen LogP contribution in [0.15, 0.2) is 48.2 Å². The third kappa shape index (κ3) is 4.29. The third-order valence-corrected chi connectivity index (χ3v) is 4.75. The molecule has 9 heteroatoms. The Bertz CT molecular complexity index is 870. The standard InChI is InChI=1S/C20H23FN4O4/c1-3-8-25-15-11-24(12-16(26)22-7-9-29-2)19(27)17(15)18(23-20(25)28)13-5-4-6-14(21)10-13/h3-6,10,18H,1,7-9,11-12H2,2H3,(H,22,26)(H,23,28)/t18-/m0/s1. The van der Waals surface area contributed by atoms with Gasteiger partial charge in [0.2, 0.25) is 5.91 Å². The van der Waals surface area contributed by atoms with Crippen LogP contribution in [0.5, 0.6) is 0 Å². The van der Waals surface area contributed by atoms with E-state index in [0.717, 1.165) is 0 Å². The molecule has 154 valence electrons. The molecular weight excluding hydrogens is 379 g/mol. The minimum absolute atomic E-state index is 0.110. The molecule has 1 aromatic carbocycles. The molecule has 0 spiro atoms. The molecule has 8 nitrogen and oxygen atoms in total. The summed E-state index contributed by atoms with van der Waals surface area (Å²) in [5.74, 6) is -1.16. The van der Waals surface area contributed by atoms with Gasteiger partial charge >= 0.3 is 6.03 Å². The minimum atomic E-state index is -0.789. The van der Waals surface area contributed by atoms with E-state index in [4.69, 9.17) is 4.74 Å². The summed E-state index contributed by atoms with van der Waals surface area (Å²) in [4.78, 5) is 40.7. The number of nitrogens with one attached hydrogen (secondary N) is 2. The molecule has 2 heterocycles. The molecule has 2 aliphatic rings. The maximum atomic E-state index is 13.7. The zero-order valence-corrected chi connectivity index (χ0v) is 16.1. The maximum Gasteiger partial charge on any atom is 0.322 e. The van der Waals surface area contributed by atoms with E-state index in [1.165, 1.54) is 35.1 Å². The molecule has 3 rings (SSSR count). The highest BCUT2D eigenvalue weighted by molar-refractivity contribution is 6.03. The highest BCUT2D eigenvalue weighted by Crippen LogP contribution is 2.36. The first kappa shape index (κ1) is 20.5. The number of urea groups is 1. The predicted octanol–water partition coefficient (Wildman–Crippen LogP) is 0.937. The Morgan fingerprint density at radius 3 is 2.93 bits per heavy atom. The third-order valence-electron chi connectivity index (χ3n) is 4.75. The van der Waals surface area contributed by atoms with Crippen molar-refractivity contribution in [2.75, 3.05) is 39.9 Å². The fourth-order valence-electron chi connectivity index (χ4n) is 3.46. The molecule has 0 aromatic heterocycles. The first-order valence-corrected chi connectivity index (χ1v) is 9.18. The highest BCUT2D eigenvalue weighted by atomic mass is 19.1. The predicted molar refractivity (Wildman–Crippen MR) is 103 cm³/mol. The first-order chi connectivity index (χ1) is 14.0. The van der Waals surface area contributed by atoms with Crippen molar-refractivity contribution in [2.24, 2.45) is 0 Å². The zero-order valence-electron chi connectivity index (χ0n) is 16.1. The number of carbonyl (C=O) groups excluding carboxylic acids is 3. The smallest absolute Gasteiger partial charge is 0.322 e. The van der Waals surface area contributed by atoms with E-state index in [0.29, 0.717) is 30.0 Å². The molecule has 1 aromatic rings. The summed E-state index contributed by atoms with van der Waals surface area (Å²) < 4.78 is 18.6. The normalized spacial score (nSPS) is 18.6. The second-order valence-corrected chi connectivity index (χ2v) is 6.70. The Morgan fingerprint density at radius 2 is 2.24 bits per heavy atom. The summed E-state index contributed by atoms with van der Waals surface area (Å²) in [6, 6.07) is 4.55. The van der Waals surface area contributed by atoms with Crippen molar-refractivity contribution in [1.82, 2.24) is 20.4 Å². The summed E-state index contributed by atoms with van der Waals surface area (Å²) in [6.45, 7) is 4.52. The van der Waals surface area contributed by atoms with Crippen LogP contribution in [0.1, 0.15) is 11.6 Å². The first-order valence-electron chi connectivity index (χ1n) is 9.18. The summed E-state index contributed by atoms with van der Waals surface area (Å²) in [5.41, 5.74) is 1.29. The molecule has 0 bridgehead atoms. The lowest BCUT2D eigenvalue weighted by Crippen LogP contribution is -2.47. The number of nitrogens with zero attached hydrogens (tertiary/aromatic N) is 2. The van der Waals surface area contributed by atoms with Gasteiger partial charge in [-0.05, 0) is 17.7 Å². The Morgan fingerprint density at radius 1 is 1.45 bits per heavy atom. The van der Waals surface area contributed by atoms with Gasteiger partial charge in [-0.1, -0.05) is 18.2 Å².